The van der Waals surface area contributed by atoms with Gasteiger partial charge < -0.3 is 4.90 Å². The molecule has 1 aliphatic heterocycles. The van der Waals surface area contributed by atoms with Gasteiger partial charge in [0, 0.05) is 24.3 Å². The molecule has 170 valence electrons. The predicted molar refractivity (Wildman–Crippen MR) is 153 cm³/mol. The Hall–Kier alpha value is -3.80. The van der Waals surface area contributed by atoms with E-state index in [0.29, 0.717) is 0 Å². The summed E-state index contributed by atoms with van der Waals surface area (Å²) in [6.45, 7) is 8.61. The first-order valence-electron chi connectivity index (χ1n) is 12.4. The van der Waals surface area contributed by atoms with Crippen LogP contribution < -0.4 is 4.90 Å². The van der Waals surface area contributed by atoms with E-state index in [0.717, 1.165) is 18.7 Å². The highest BCUT2D eigenvalue weighted by Gasteiger charge is 2.23. The molecule has 5 aromatic carbocycles. The van der Waals surface area contributed by atoms with Crippen molar-refractivity contribution in [2.24, 2.45) is 0 Å². The van der Waals surface area contributed by atoms with Crippen LogP contribution in [0.2, 0.25) is 19.6 Å². The van der Waals surface area contributed by atoms with Crippen LogP contribution in [0.1, 0.15) is 16.7 Å². The minimum absolute atomic E-state index is 0.878. The quantitative estimate of drug-likeness (QED) is 0.177. The molecule has 1 nitrogen and oxygen atoms in total. The van der Waals surface area contributed by atoms with E-state index in [2.05, 4.69) is 133 Å². The SMILES string of the molecule is C[Si](C)(C)C#Cc1ccc(N2Cc3ccc4ccccc4c3-c3c(ccc4ccccc34)C2)cc1. The molecule has 0 unspecified atom stereocenters. The Morgan fingerprint density at radius 3 is 1.63 bits per heavy atom. The van der Waals surface area contributed by atoms with Gasteiger partial charge in [-0.2, -0.15) is 0 Å². The first kappa shape index (κ1) is 21.7. The van der Waals surface area contributed by atoms with Crippen LogP contribution in [0.4, 0.5) is 5.69 Å². The van der Waals surface area contributed by atoms with Crippen LogP contribution in [0.15, 0.2) is 97.1 Å². The molecule has 0 amide bonds. The van der Waals surface area contributed by atoms with Crippen molar-refractivity contribution in [3.63, 3.8) is 0 Å². The van der Waals surface area contributed by atoms with Gasteiger partial charge in [0.05, 0.1) is 0 Å². The van der Waals surface area contributed by atoms with Crippen LogP contribution in [0.25, 0.3) is 32.7 Å². The van der Waals surface area contributed by atoms with Gasteiger partial charge in [-0.3, -0.25) is 0 Å². The molecule has 6 rings (SSSR count). The maximum atomic E-state index is 3.48. The maximum Gasteiger partial charge on any atom is 0.129 e. The molecule has 0 saturated heterocycles. The van der Waals surface area contributed by atoms with Crippen molar-refractivity contribution in [2.75, 3.05) is 4.90 Å². The molecule has 0 radical (unpaired) electrons. The van der Waals surface area contributed by atoms with Gasteiger partial charge in [0.1, 0.15) is 8.07 Å². The topological polar surface area (TPSA) is 3.24 Å². The number of hydrogen-bond acceptors (Lipinski definition) is 1. The third kappa shape index (κ3) is 4.14. The maximum absolute atomic E-state index is 3.48. The highest BCUT2D eigenvalue weighted by atomic mass is 28.3. The van der Waals surface area contributed by atoms with Gasteiger partial charge in [-0.15, -0.1) is 5.54 Å². The van der Waals surface area contributed by atoms with E-state index in [1.165, 1.54) is 49.5 Å². The lowest BCUT2D eigenvalue weighted by Crippen LogP contribution is -2.20. The van der Waals surface area contributed by atoms with Crippen molar-refractivity contribution in [1.29, 1.82) is 0 Å². The molecule has 0 atom stereocenters. The number of fused-ring (bicyclic) bond motifs is 7. The highest BCUT2D eigenvalue weighted by molar-refractivity contribution is 6.83. The summed E-state index contributed by atoms with van der Waals surface area (Å²) < 4.78 is 0. The number of benzene rings is 5. The minimum Gasteiger partial charge on any atom is -0.363 e. The third-order valence-electron chi connectivity index (χ3n) is 6.82. The number of rotatable bonds is 1. The Morgan fingerprint density at radius 2 is 1.11 bits per heavy atom. The average Bonchev–Trinajstić information content (AvgIpc) is 3.04. The Bertz CT molecular complexity index is 1540. The van der Waals surface area contributed by atoms with Crippen LogP contribution in [0.5, 0.6) is 0 Å². The van der Waals surface area contributed by atoms with E-state index in [1.807, 2.05) is 0 Å². The molecule has 0 N–H and O–H groups in total. The summed E-state index contributed by atoms with van der Waals surface area (Å²) in [5.41, 5.74) is 11.3. The first-order valence-corrected chi connectivity index (χ1v) is 15.9. The molecule has 0 aromatic heterocycles. The monoisotopic (exact) mass is 467 g/mol. The molecule has 0 fully saturated rings. The summed E-state index contributed by atoms with van der Waals surface area (Å²) in [5.74, 6) is 3.39. The molecule has 0 saturated carbocycles. The number of hydrogen-bond donors (Lipinski definition) is 0. The molecule has 0 spiro atoms. The summed E-state index contributed by atoms with van der Waals surface area (Å²) in [5, 5.41) is 5.26. The van der Waals surface area contributed by atoms with Crippen LogP contribution in [0.3, 0.4) is 0 Å². The van der Waals surface area contributed by atoms with E-state index in [4.69, 9.17) is 0 Å². The van der Waals surface area contributed by atoms with Gasteiger partial charge in [-0.1, -0.05) is 98.4 Å². The zero-order valence-electron chi connectivity index (χ0n) is 20.6. The van der Waals surface area contributed by atoms with E-state index in [-0.39, 0.29) is 0 Å². The smallest absolute Gasteiger partial charge is 0.129 e. The number of anilines is 1. The van der Waals surface area contributed by atoms with Gasteiger partial charge in [0.2, 0.25) is 0 Å². The summed E-state index contributed by atoms with van der Waals surface area (Å²) in [4.78, 5) is 2.50. The largest absolute Gasteiger partial charge is 0.363 e. The Kier molecular flexibility index (Phi) is 5.24. The second-order valence-electron chi connectivity index (χ2n) is 10.5. The molecule has 1 aliphatic rings. The Balaban J connectivity index is 1.52. The standard InChI is InChI=1S/C33H29NSi/c1-35(2,3)21-20-24-12-18-29(19-13-24)34-22-27-16-14-25-8-4-6-10-30(25)32(27)33-28(23-34)17-15-26-9-5-7-11-31(26)33/h4-19H,22-23H2,1-3H3. The molecule has 35 heavy (non-hydrogen) atoms. The van der Waals surface area contributed by atoms with Crippen LogP contribution >= 0.6 is 0 Å². The van der Waals surface area contributed by atoms with Crippen molar-refractivity contribution >= 4 is 35.3 Å². The second kappa shape index (κ2) is 8.45. The average molecular weight is 468 g/mol. The fourth-order valence-electron chi connectivity index (χ4n) is 5.15. The van der Waals surface area contributed by atoms with Gasteiger partial charge in [0.25, 0.3) is 0 Å². The van der Waals surface area contributed by atoms with E-state index in [1.54, 1.807) is 0 Å². The summed E-state index contributed by atoms with van der Waals surface area (Å²) in [6.07, 6.45) is 0. The van der Waals surface area contributed by atoms with Crippen molar-refractivity contribution < 1.29 is 0 Å². The summed E-state index contributed by atoms with van der Waals surface area (Å²) in [6, 6.07) is 35.6. The second-order valence-corrected chi connectivity index (χ2v) is 15.3. The molecule has 5 aromatic rings. The highest BCUT2D eigenvalue weighted by Crippen LogP contribution is 2.42. The van der Waals surface area contributed by atoms with Crippen LogP contribution in [-0.4, -0.2) is 8.07 Å². The van der Waals surface area contributed by atoms with E-state index < -0.39 is 8.07 Å². The van der Waals surface area contributed by atoms with Crippen LogP contribution in [-0.2, 0) is 13.1 Å². The Labute approximate surface area is 209 Å². The fourth-order valence-corrected chi connectivity index (χ4v) is 5.67. The molecule has 2 heteroatoms. The van der Waals surface area contributed by atoms with Crippen molar-refractivity contribution in [2.45, 2.75) is 32.7 Å². The minimum atomic E-state index is -1.39. The van der Waals surface area contributed by atoms with Gasteiger partial charge in [-0.05, 0) is 68.1 Å². The first-order chi connectivity index (χ1) is 17.0. The summed E-state index contributed by atoms with van der Waals surface area (Å²) >= 11 is 0. The zero-order chi connectivity index (χ0) is 24.0. The molecule has 0 aliphatic carbocycles. The van der Waals surface area contributed by atoms with Gasteiger partial charge >= 0.3 is 0 Å². The van der Waals surface area contributed by atoms with Crippen molar-refractivity contribution in [3.8, 4) is 22.6 Å². The lowest BCUT2D eigenvalue weighted by Gasteiger charge is -2.24. The molecule has 1 heterocycles. The van der Waals surface area contributed by atoms with E-state index in [9.17, 15) is 0 Å². The van der Waals surface area contributed by atoms with Crippen molar-refractivity contribution in [1.82, 2.24) is 0 Å². The Morgan fingerprint density at radius 1 is 0.600 bits per heavy atom. The number of nitrogens with zero attached hydrogens (tertiary/aromatic N) is 1. The zero-order valence-corrected chi connectivity index (χ0v) is 21.6. The molecular formula is C33H29NSi. The lowest BCUT2D eigenvalue weighted by atomic mass is 9.88. The van der Waals surface area contributed by atoms with Gasteiger partial charge in [-0.25, -0.2) is 0 Å². The lowest BCUT2D eigenvalue weighted by molar-refractivity contribution is 0.813. The fraction of sp³-hybridized carbons (Fsp3) is 0.152. The summed E-state index contributed by atoms with van der Waals surface area (Å²) in [7, 11) is -1.39. The van der Waals surface area contributed by atoms with Crippen molar-refractivity contribution in [3.05, 3.63) is 114 Å². The molecular weight excluding hydrogens is 438 g/mol. The normalized spacial score (nSPS) is 13.1. The molecule has 0 bridgehead atoms. The predicted octanol–water partition coefficient (Wildman–Crippen LogP) is 8.41. The van der Waals surface area contributed by atoms with E-state index >= 15 is 0 Å². The van der Waals surface area contributed by atoms with Crippen LogP contribution in [0, 0.1) is 11.5 Å². The third-order valence-corrected chi connectivity index (χ3v) is 7.69. The van der Waals surface area contributed by atoms with Gasteiger partial charge in [0.15, 0.2) is 0 Å².